The minimum Gasteiger partial charge on any atom is -0.478 e. The summed E-state index contributed by atoms with van der Waals surface area (Å²) in [5.74, 6) is -0.0270. The van der Waals surface area contributed by atoms with E-state index in [9.17, 15) is 4.79 Å². The predicted octanol–water partition coefficient (Wildman–Crippen LogP) is 2.14. The van der Waals surface area contributed by atoms with Gasteiger partial charge in [0.15, 0.2) is 0 Å². The first-order valence-electron chi connectivity index (χ1n) is 5.09. The van der Waals surface area contributed by atoms with Crippen molar-refractivity contribution in [1.82, 2.24) is 9.97 Å². The summed E-state index contributed by atoms with van der Waals surface area (Å²) in [4.78, 5) is 17.8. The van der Waals surface area contributed by atoms with E-state index in [1.165, 1.54) is 0 Å². The SMILES string of the molecule is O=C(O)/C=C/CCc1nc2ccccc2[nH]1. The number of carboxylic acids is 1. The average Bonchev–Trinajstić information content (AvgIpc) is 2.66. The molecule has 4 heteroatoms. The number of H-pyrrole nitrogens is 1. The standard InChI is InChI=1S/C12H12N2O2/c15-12(16)8-4-3-7-11-13-9-5-1-2-6-10(9)14-11/h1-2,4-6,8H,3,7H2,(H,13,14)(H,15,16)/b8-4+. The van der Waals surface area contributed by atoms with Crippen LogP contribution >= 0.6 is 0 Å². The number of benzene rings is 1. The molecule has 2 rings (SSSR count). The number of imidazole rings is 1. The molecule has 82 valence electrons. The number of nitrogens with one attached hydrogen (secondary N) is 1. The van der Waals surface area contributed by atoms with Gasteiger partial charge in [0.2, 0.25) is 0 Å². The van der Waals surface area contributed by atoms with E-state index in [1.807, 2.05) is 24.3 Å². The number of fused-ring (bicyclic) bond motifs is 1. The lowest BCUT2D eigenvalue weighted by Gasteiger charge is -1.89. The van der Waals surface area contributed by atoms with Crippen LogP contribution in [0.4, 0.5) is 0 Å². The van der Waals surface area contributed by atoms with Gasteiger partial charge in [-0.15, -0.1) is 0 Å². The van der Waals surface area contributed by atoms with E-state index in [1.54, 1.807) is 6.08 Å². The summed E-state index contributed by atoms with van der Waals surface area (Å²) < 4.78 is 0. The van der Waals surface area contributed by atoms with Gasteiger partial charge in [0.25, 0.3) is 0 Å². The lowest BCUT2D eigenvalue weighted by atomic mass is 10.3. The fourth-order valence-corrected chi connectivity index (χ4v) is 1.53. The Bertz CT molecular complexity index is 496. The Hall–Kier alpha value is -2.10. The molecule has 0 aliphatic rings. The van der Waals surface area contributed by atoms with Gasteiger partial charge >= 0.3 is 5.97 Å². The Labute approximate surface area is 92.6 Å². The minimum absolute atomic E-state index is 0.673. The van der Waals surface area contributed by atoms with Crippen LogP contribution in [0, 0.1) is 0 Å². The number of carbonyl (C=O) groups is 1. The molecule has 0 saturated heterocycles. The molecule has 0 atom stereocenters. The molecule has 4 nitrogen and oxygen atoms in total. The fourth-order valence-electron chi connectivity index (χ4n) is 1.53. The first kappa shape index (κ1) is 10.4. The van der Waals surface area contributed by atoms with Crippen LogP contribution < -0.4 is 0 Å². The van der Waals surface area contributed by atoms with Crippen LogP contribution in [0.25, 0.3) is 11.0 Å². The molecule has 0 amide bonds. The number of para-hydroxylation sites is 2. The number of aryl methyl sites for hydroxylation is 1. The van der Waals surface area contributed by atoms with Crippen molar-refractivity contribution in [3.63, 3.8) is 0 Å². The van der Waals surface area contributed by atoms with E-state index < -0.39 is 5.97 Å². The summed E-state index contributed by atoms with van der Waals surface area (Å²) in [6.45, 7) is 0. The molecule has 1 heterocycles. The van der Waals surface area contributed by atoms with Gasteiger partial charge in [-0.2, -0.15) is 0 Å². The van der Waals surface area contributed by atoms with Crippen LogP contribution in [0.5, 0.6) is 0 Å². The van der Waals surface area contributed by atoms with Crippen molar-refractivity contribution in [3.05, 3.63) is 42.2 Å². The third kappa shape index (κ3) is 2.48. The zero-order valence-corrected chi connectivity index (χ0v) is 8.68. The Morgan fingerprint density at radius 1 is 1.44 bits per heavy atom. The number of aromatic amines is 1. The summed E-state index contributed by atoms with van der Waals surface area (Å²) in [7, 11) is 0. The van der Waals surface area contributed by atoms with Crippen molar-refractivity contribution in [2.45, 2.75) is 12.8 Å². The molecule has 0 aliphatic carbocycles. The van der Waals surface area contributed by atoms with Crippen LogP contribution in [-0.4, -0.2) is 21.0 Å². The lowest BCUT2D eigenvalue weighted by Crippen LogP contribution is -1.88. The highest BCUT2D eigenvalue weighted by Gasteiger charge is 2.00. The zero-order valence-electron chi connectivity index (χ0n) is 8.68. The molecule has 0 aliphatic heterocycles. The average molecular weight is 216 g/mol. The number of rotatable bonds is 4. The van der Waals surface area contributed by atoms with Crippen molar-refractivity contribution in [1.29, 1.82) is 0 Å². The Morgan fingerprint density at radius 2 is 2.25 bits per heavy atom. The highest BCUT2D eigenvalue weighted by molar-refractivity contribution is 5.79. The number of allylic oxidation sites excluding steroid dienone is 1. The maximum atomic E-state index is 10.2. The molecule has 0 spiro atoms. The molecule has 16 heavy (non-hydrogen) atoms. The number of hydrogen-bond donors (Lipinski definition) is 2. The van der Waals surface area contributed by atoms with E-state index in [-0.39, 0.29) is 0 Å². The molecule has 0 saturated carbocycles. The molecule has 1 aromatic carbocycles. The van der Waals surface area contributed by atoms with Crippen molar-refractivity contribution in [2.75, 3.05) is 0 Å². The smallest absolute Gasteiger partial charge is 0.327 e. The normalized spacial score (nSPS) is 11.2. The molecule has 0 unspecified atom stereocenters. The van der Waals surface area contributed by atoms with Crippen molar-refractivity contribution < 1.29 is 9.90 Å². The maximum absolute atomic E-state index is 10.2. The van der Waals surface area contributed by atoms with Gasteiger partial charge in [0.05, 0.1) is 11.0 Å². The number of aromatic nitrogens is 2. The number of carboxylic acid groups (broad SMARTS) is 1. The first-order valence-corrected chi connectivity index (χ1v) is 5.09. The molecule has 1 aromatic heterocycles. The molecular formula is C12H12N2O2. The van der Waals surface area contributed by atoms with E-state index in [0.29, 0.717) is 6.42 Å². The molecule has 2 N–H and O–H groups in total. The van der Waals surface area contributed by atoms with Crippen LogP contribution in [0.1, 0.15) is 12.2 Å². The number of hydrogen-bond acceptors (Lipinski definition) is 2. The van der Waals surface area contributed by atoms with Gasteiger partial charge in [-0.1, -0.05) is 18.2 Å². The Morgan fingerprint density at radius 3 is 3.00 bits per heavy atom. The first-order chi connectivity index (χ1) is 7.75. The summed E-state index contributed by atoms with van der Waals surface area (Å²) in [5.41, 5.74) is 1.96. The number of nitrogens with zero attached hydrogens (tertiary/aromatic N) is 1. The van der Waals surface area contributed by atoms with Crippen molar-refractivity contribution >= 4 is 17.0 Å². The monoisotopic (exact) mass is 216 g/mol. The Balaban J connectivity index is 2.02. The number of aliphatic carboxylic acids is 1. The fraction of sp³-hybridized carbons (Fsp3) is 0.167. The van der Waals surface area contributed by atoms with E-state index in [4.69, 9.17) is 5.11 Å². The molecule has 0 fully saturated rings. The van der Waals surface area contributed by atoms with Gasteiger partial charge in [-0.05, 0) is 18.6 Å². The van der Waals surface area contributed by atoms with E-state index >= 15 is 0 Å². The second-order valence-corrected chi connectivity index (χ2v) is 3.48. The molecule has 2 aromatic rings. The Kier molecular flexibility index (Phi) is 3.00. The van der Waals surface area contributed by atoms with Crippen LogP contribution in [0.3, 0.4) is 0 Å². The summed E-state index contributed by atoms with van der Waals surface area (Å²) in [6, 6.07) is 7.81. The van der Waals surface area contributed by atoms with E-state index in [2.05, 4.69) is 9.97 Å². The van der Waals surface area contributed by atoms with Crippen molar-refractivity contribution in [3.8, 4) is 0 Å². The van der Waals surface area contributed by atoms with Gasteiger partial charge in [0, 0.05) is 12.5 Å². The van der Waals surface area contributed by atoms with Crippen LogP contribution in [0.2, 0.25) is 0 Å². The largest absolute Gasteiger partial charge is 0.478 e. The third-order valence-corrected chi connectivity index (χ3v) is 2.25. The molecule has 0 bridgehead atoms. The third-order valence-electron chi connectivity index (χ3n) is 2.25. The highest BCUT2D eigenvalue weighted by Crippen LogP contribution is 2.11. The summed E-state index contributed by atoms with van der Waals surface area (Å²) in [5, 5.41) is 8.41. The lowest BCUT2D eigenvalue weighted by molar-refractivity contribution is -0.131. The van der Waals surface area contributed by atoms with Crippen LogP contribution in [-0.2, 0) is 11.2 Å². The maximum Gasteiger partial charge on any atom is 0.327 e. The molecular weight excluding hydrogens is 204 g/mol. The van der Waals surface area contributed by atoms with E-state index in [0.717, 1.165) is 29.4 Å². The van der Waals surface area contributed by atoms with Crippen LogP contribution in [0.15, 0.2) is 36.4 Å². The van der Waals surface area contributed by atoms with Gasteiger partial charge < -0.3 is 10.1 Å². The zero-order chi connectivity index (χ0) is 11.4. The quantitative estimate of drug-likeness (QED) is 0.769. The minimum atomic E-state index is -0.912. The highest BCUT2D eigenvalue weighted by atomic mass is 16.4. The second-order valence-electron chi connectivity index (χ2n) is 3.48. The molecule has 0 radical (unpaired) electrons. The topological polar surface area (TPSA) is 66.0 Å². The summed E-state index contributed by atoms with van der Waals surface area (Å²) >= 11 is 0. The van der Waals surface area contributed by atoms with Crippen molar-refractivity contribution in [2.24, 2.45) is 0 Å². The predicted molar refractivity (Wildman–Crippen MR) is 61.2 cm³/mol. The van der Waals surface area contributed by atoms with Gasteiger partial charge in [0.1, 0.15) is 5.82 Å². The van der Waals surface area contributed by atoms with Gasteiger partial charge in [-0.25, -0.2) is 9.78 Å². The van der Waals surface area contributed by atoms with Gasteiger partial charge in [-0.3, -0.25) is 0 Å². The summed E-state index contributed by atoms with van der Waals surface area (Å²) in [6.07, 6.45) is 4.18. The second kappa shape index (κ2) is 4.61.